The Morgan fingerprint density at radius 3 is 2.41 bits per heavy atom. The van der Waals surface area contributed by atoms with Gasteiger partial charge in [0.1, 0.15) is 24.1 Å². The minimum Gasteiger partial charge on any atom is -0.486 e. The van der Waals surface area contributed by atoms with Gasteiger partial charge in [-0.1, -0.05) is 6.07 Å². The average molecular weight is 650 g/mol. The zero-order valence-electron chi connectivity index (χ0n) is 25.3. The van der Waals surface area contributed by atoms with E-state index in [1.807, 2.05) is 0 Å². The molecule has 0 saturated carbocycles. The number of fused-ring (bicyclic) bond motifs is 1. The predicted octanol–water partition coefficient (Wildman–Crippen LogP) is 3.34. The molecule has 2 N–H and O–H groups in total. The molecule has 2 aromatic rings. The van der Waals surface area contributed by atoms with Gasteiger partial charge in [-0.25, -0.2) is 8.42 Å². The molecule has 3 rings (SSSR count). The average Bonchev–Trinajstić information content (AvgIpc) is 3.34. The lowest BCUT2D eigenvalue weighted by Crippen LogP contribution is -2.44. The van der Waals surface area contributed by atoms with E-state index in [2.05, 4.69) is 9.84 Å². The monoisotopic (exact) mass is 649 g/mol. The molecule has 12 nitrogen and oxygen atoms in total. The lowest BCUT2D eigenvalue weighted by Gasteiger charge is -2.36. The number of alkyl halides is 3. The van der Waals surface area contributed by atoms with Crippen LogP contribution in [0.4, 0.5) is 18.9 Å². The highest BCUT2D eigenvalue weighted by molar-refractivity contribution is 7.93. The molecule has 0 radical (unpaired) electrons. The van der Waals surface area contributed by atoms with Gasteiger partial charge in [-0.15, -0.1) is 5.10 Å². The van der Waals surface area contributed by atoms with Crippen LogP contribution < -0.4 is 13.8 Å². The second-order valence-corrected chi connectivity index (χ2v) is 13.5. The molecule has 0 spiro atoms. The van der Waals surface area contributed by atoms with E-state index in [-0.39, 0.29) is 59.8 Å². The van der Waals surface area contributed by atoms with Crippen LogP contribution in [0.3, 0.4) is 0 Å². The van der Waals surface area contributed by atoms with Gasteiger partial charge in [0.05, 0.1) is 25.3 Å². The van der Waals surface area contributed by atoms with Crippen molar-refractivity contribution >= 4 is 27.5 Å². The first-order valence-electron chi connectivity index (χ1n) is 13.9. The number of ether oxygens (including phenoxy) is 3. The summed E-state index contributed by atoms with van der Waals surface area (Å²) in [6, 6.07) is 3.81. The number of sulfonamides is 1. The van der Waals surface area contributed by atoms with Gasteiger partial charge in [0, 0.05) is 18.7 Å². The summed E-state index contributed by atoms with van der Waals surface area (Å²) in [5, 5.41) is 23.5. The molecule has 16 heteroatoms. The molecule has 1 aromatic carbocycles. The molecule has 0 saturated heterocycles. The van der Waals surface area contributed by atoms with Gasteiger partial charge in [-0.3, -0.25) is 18.6 Å². The van der Waals surface area contributed by atoms with Crippen LogP contribution in [0.25, 0.3) is 0 Å². The number of aromatic nitrogens is 2. The van der Waals surface area contributed by atoms with Gasteiger partial charge >= 0.3 is 12.1 Å². The Morgan fingerprint density at radius 2 is 1.84 bits per heavy atom. The predicted molar refractivity (Wildman–Crippen MR) is 151 cm³/mol. The molecule has 1 aromatic heterocycles. The normalized spacial score (nSPS) is 16.0. The van der Waals surface area contributed by atoms with Crippen molar-refractivity contribution in [2.45, 2.75) is 95.2 Å². The molecule has 0 unspecified atom stereocenters. The van der Waals surface area contributed by atoms with Crippen molar-refractivity contribution in [3.63, 3.8) is 0 Å². The van der Waals surface area contributed by atoms with E-state index < -0.39 is 58.3 Å². The SMILES string of the molecule is CC(C)n1cc(S(=O)(=O)N2C[C@H](CCC(=O)C(C)(C)O)Oc3ccc(CC(=O)OC(C)(C)C(F)(F)F)cc32)c(OCCO)n1. The second kappa shape index (κ2) is 12.9. The van der Waals surface area contributed by atoms with Crippen LogP contribution in [0.2, 0.25) is 0 Å². The van der Waals surface area contributed by atoms with Crippen molar-refractivity contribution in [2.24, 2.45) is 0 Å². The highest BCUT2D eigenvalue weighted by Gasteiger charge is 2.50. The topological polar surface area (TPSA) is 157 Å². The molecule has 1 atom stereocenters. The zero-order chi connectivity index (χ0) is 33.3. The van der Waals surface area contributed by atoms with E-state index in [9.17, 15) is 41.4 Å². The largest absolute Gasteiger partial charge is 0.486 e. The maximum absolute atomic E-state index is 14.2. The number of hydrogen-bond donors (Lipinski definition) is 2. The van der Waals surface area contributed by atoms with E-state index in [0.29, 0.717) is 0 Å². The van der Waals surface area contributed by atoms with E-state index in [4.69, 9.17) is 9.47 Å². The lowest BCUT2D eigenvalue weighted by molar-refractivity contribution is -0.257. The van der Waals surface area contributed by atoms with Gasteiger partial charge in [0.25, 0.3) is 15.9 Å². The Labute approximate surface area is 253 Å². The molecule has 0 aliphatic carbocycles. The summed E-state index contributed by atoms with van der Waals surface area (Å²) in [7, 11) is -4.48. The van der Waals surface area contributed by atoms with Crippen LogP contribution in [-0.4, -0.2) is 83.4 Å². The standard InChI is InChI=1S/C28H38F3N3O9S/c1-17(2)33-16-22(25(32-33)41-12-11-35)44(39,40)34-15-19(8-10-23(36)26(3,4)38)42-21-9-7-18(13-20(21)34)14-24(37)43-27(5,6)28(29,30)31/h7,9,13,16-17,19,35,38H,8,10-12,14-15H2,1-6H3/t19-/m0/s1. The number of rotatable bonds is 13. The third kappa shape index (κ3) is 8.01. The van der Waals surface area contributed by atoms with Crippen LogP contribution in [0, 0.1) is 0 Å². The molecule has 1 aliphatic rings. The number of halogens is 3. The molecule has 0 amide bonds. The molecule has 44 heavy (non-hydrogen) atoms. The molecule has 0 bridgehead atoms. The number of nitrogens with zero attached hydrogens (tertiary/aromatic N) is 3. The summed E-state index contributed by atoms with van der Waals surface area (Å²) in [5.41, 5.74) is -4.21. The fourth-order valence-corrected chi connectivity index (χ4v) is 5.71. The fourth-order valence-electron chi connectivity index (χ4n) is 4.15. The summed E-state index contributed by atoms with van der Waals surface area (Å²) in [6.07, 6.45) is -5.04. The number of ketones is 1. The first-order valence-corrected chi connectivity index (χ1v) is 15.3. The Kier molecular flexibility index (Phi) is 10.3. The summed E-state index contributed by atoms with van der Waals surface area (Å²) >= 11 is 0. The van der Waals surface area contributed by atoms with Crippen molar-refractivity contribution < 1.29 is 55.6 Å². The molecule has 0 fully saturated rings. The molecule has 2 heterocycles. The van der Waals surface area contributed by atoms with Crippen molar-refractivity contribution in [1.29, 1.82) is 0 Å². The minimum atomic E-state index is -4.81. The van der Waals surface area contributed by atoms with Crippen LogP contribution >= 0.6 is 0 Å². The van der Waals surface area contributed by atoms with Crippen molar-refractivity contribution in [3.05, 3.63) is 30.0 Å². The number of anilines is 1. The van der Waals surface area contributed by atoms with Gasteiger partial charge < -0.3 is 24.4 Å². The highest BCUT2D eigenvalue weighted by Crippen LogP contribution is 2.41. The number of aliphatic hydroxyl groups is 2. The lowest BCUT2D eigenvalue weighted by atomic mass is 9.98. The van der Waals surface area contributed by atoms with Crippen LogP contribution in [0.5, 0.6) is 11.6 Å². The Morgan fingerprint density at radius 1 is 1.18 bits per heavy atom. The second-order valence-electron chi connectivity index (χ2n) is 11.7. The van der Waals surface area contributed by atoms with Crippen molar-refractivity contribution in [2.75, 3.05) is 24.1 Å². The van der Waals surface area contributed by atoms with Gasteiger partial charge in [-0.05, 0) is 65.7 Å². The molecule has 246 valence electrons. The van der Waals surface area contributed by atoms with E-state index in [0.717, 1.165) is 18.2 Å². The maximum atomic E-state index is 14.2. The van der Waals surface area contributed by atoms with Gasteiger partial charge in [0.2, 0.25) is 5.60 Å². The minimum absolute atomic E-state index is 0.0131. The Balaban J connectivity index is 2.04. The molecule has 1 aliphatic heterocycles. The van der Waals surface area contributed by atoms with Crippen molar-refractivity contribution in [3.8, 4) is 11.6 Å². The summed E-state index contributed by atoms with van der Waals surface area (Å²) in [5.74, 6) is -1.85. The quantitative estimate of drug-likeness (QED) is 0.309. The number of aliphatic hydroxyl groups excluding tert-OH is 1. The van der Waals surface area contributed by atoms with Crippen LogP contribution in [0.15, 0.2) is 29.3 Å². The van der Waals surface area contributed by atoms with E-state index in [1.54, 1.807) is 13.8 Å². The highest BCUT2D eigenvalue weighted by atomic mass is 32.2. The van der Waals surface area contributed by atoms with Crippen LogP contribution in [-0.2, 0) is 30.8 Å². The maximum Gasteiger partial charge on any atom is 0.427 e. The third-order valence-corrected chi connectivity index (χ3v) is 8.59. The van der Waals surface area contributed by atoms with Gasteiger partial charge in [-0.2, -0.15) is 13.2 Å². The van der Waals surface area contributed by atoms with Gasteiger partial charge in [0.15, 0.2) is 10.7 Å². The Hall–Kier alpha value is -3.37. The van der Waals surface area contributed by atoms with Crippen molar-refractivity contribution in [1.82, 2.24) is 9.78 Å². The summed E-state index contributed by atoms with van der Waals surface area (Å²) < 4.78 is 86.6. The fraction of sp³-hybridized carbons (Fsp3) is 0.607. The first-order chi connectivity index (χ1) is 20.2. The number of Topliss-reactive ketones (excluding diaryl/α,β-unsaturated/α-hetero) is 1. The van der Waals surface area contributed by atoms with Crippen LogP contribution in [0.1, 0.15) is 66.0 Å². The Bertz CT molecular complexity index is 1460. The number of hydrogen-bond acceptors (Lipinski definition) is 10. The van der Waals surface area contributed by atoms with E-state index in [1.165, 1.54) is 42.9 Å². The summed E-state index contributed by atoms with van der Waals surface area (Å²) in [6.45, 7) is 6.71. The number of carbonyl (C=O) groups excluding carboxylic acids is 2. The molecular weight excluding hydrogens is 611 g/mol. The smallest absolute Gasteiger partial charge is 0.427 e. The van der Waals surface area contributed by atoms with E-state index >= 15 is 0 Å². The number of benzene rings is 1. The number of carbonyl (C=O) groups is 2. The third-order valence-electron chi connectivity index (χ3n) is 6.82. The molecular formula is C28H38F3N3O9S. The first kappa shape index (κ1) is 35.1. The summed E-state index contributed by atoms with van der Waals surface area (Å²) in [4.78, 5) is 24.5. The number of esters is 1. The zero-order valence-corrected chi connectivity index (χ0v) is 26.2.